The van der Waals surface area contributed by atoms with E-state index >= 15 is 0 Å². The quantitative estimate of drug-likeness (QED) is 0.709. The Balaban J connectivity index is 1.53. The van der Waals surface area contributed by atoms with Crippen molar-refractivity contribution in [3.63, 3.8) is 0 Å². The summed E-state index contributed by atoms with van der Waals surface area (Å²) in [5.41, 5.74) is 4.39. The fourth-order valence-corrected chi connectivity index (χ4v) is 3.70. The topological polar surface area (TPSA) is 90.5 Å². The van der Waals surface area contributed by atoms with Gasteiger partial charge in [0.2, 0.25) is 10.0 Å². The van der Waals surface area contributed by atoms with Crippen molar-refractivity contribution in [2.24, 2.45) is 0 Å². The van der Waals surface area contributed by atoms with Crippen LogP contribution in [0.2, 0.25) is 0 Å². The zero-order valence-electron chi connectivity index (χ0n) is 15.5. The van der Waals surface area contributed by atoms with E-state index in [1.165, 1.54) is 11.3 Å². The maximum absolute atomic E-state index is 12.2. The molecular formula is C19H24N4O3S. The van der Waals surface area contributed by atoms with Gasteiger partial charge in [0.1, 0.15) is 0 Å². The lowest BCUT2D eigenvalue weighted by Gasteiger charge is -2.19. The smallest absolute Gasteiger partial charge is 0.319 e. The largest absolute Gasteiger partial charge is 0.369 e. The SMILES string of the molecule is Cc1ccc(NS(C)(=O)=O)cc1NC(=O)NCCN1CCc2ccccc21. The van der Waals surface area contributed by atoms with Gasteiger partial charge in [0.25, 0.3) is 0 Å². The number of nitrogens with zero attached hydrogens (tertiary/aromatic N) is 1. The first-order valence-electron chi connectivity index (χ1n) is 8.78. The molecule has 2 amide bonds. The van der Waals surface area contributed by atoms with Crippen molar-refractivity contribution in [2.75, 3.05) is 40.8 Å². The Morgan fingerprint density at radius 1 is 1.19 bits per heavy atom. The van der Waals surface area contributed by atoms with Gasteiger partial charge >= 0.3 is 6.03 Å². The molecule has 0 aromatic heterocycles. The first kappa shape index (κ1) is 19.0. The molecule has 2 aromatic rings. The standard InChI is InChI=1S/C19H24N4O3S/c1-14-7-8-16(22-27(2,25)26)13-17(14)21-19(24)20-10-12-23-11-9-15-5-3-4-6-18(15)23/h3-8,13,22H,9-12H2,1-2H3,(H2,20,21,24). The number of hydrogen-bond acceptors (Lipinski definition) is 4. The molecule has 0 saturated carbocycles. The lowest BCUT2D eigenvalue weighted by Crippen LogP contribution is -2.36. The molecule has 27 heavy (non-hydrogen) atoms. The summed E-state index contributed by atoms with van der Waals surface area (Å²) in [6.07, 6.45) is 2.12. The molecule has 0 aliphatic carbocycles. The molecule has 7 nitrogen and oxygen atoms in total. The summed E-state index contributed by atoms with van der Waals surface area (Å²) in [5, 5.41) is 5.63. The van der Waals surface area contributed by atoms with Crippen LogP contribution in [0.25, 0.3) is 0 Å². The molecule has 8 heteroatoms. The Hall–Kier alpha value is -2.74. The molecule has 0 radical (unpaired) electrons. The summed E-state index contributed by atoms with van der Waals surface area (Å²) in [6, 6.07) is 13.0. The van der Waals surface area contributed by atoms with Crippen LogP contribution in [-0.4, -0.2) is 40.3 Å². The predicted molar refractivity (Wildman–Crippen MR) is 109 cm³/mol. The number of carbonyl (C=O) groups is 1. The molecule has 2 aromatic carbocycles. The van der Waals surface area contributed by atoms with E-state index in [4.69, 9.17) is 0 Å². The van der Waals surface area contributed by atoms with Gasteiger partial charge in [-0.25, -0.2) is 13.2 Å². The van der Waals surface area contributed by atoms with E-state index in [2.05, 4.69) is 32.4 Å². The summed E-state index contributed by atoms with van der Waals surface area (Å²) >= 11 is 0. The van der Waals surface area contributed by atoms with E-state index in [1.54, 1.807) is 18.2 Å². The highest BCUT2D eigenvalue weighted by Gasteiger charge is 2.17. The third kappa shape index (κ3) is 5.13. The number of benzene rings is 2. The first-order chi connectivity index (χ1) is 12.8. The van der Waals surface area contributed by atoms with Crippen LogP contribution >= 0.6 is 0 Å². The lowest BCUT2D eigenvalue weighted by atomic mass is 10.2. The number of aryl methyl sites for hydroxylation is 1. The van der Waals surface area contributed by atoms with Crippen molar-refractivity contribution in [2.45, 2.75) is 13.3 Å². The third-order valence-corrected chi connectivity index (χ3v) is 5.05. The molecule has 1 heterocycles. The Labute approximate surface area is 159 Å². The van der Waals surface area contributed by atoms with Crippen LogP contribution in [0.3, 0.4) is 0 Å². The number of nitrogens with one attached hydrogen (secondary N) is 3. The average Bonchev–Trinajstić information content (AvgIpc) is 3.00. The van der Waals surface area contributed by atoms with Crippen LogP contribution in [-0.2, 0) is 16.4 Å². The lowest BCUT2D eigenvalue weighted by molar-refractivity contribution is 0.252. The van der Waals surface area contributed by atoms with E-state index in [-0.39, 0.29) is 6.03 Å². The molecular weight excluding hydrogens is 364 g/mol. The van der Waals surface area contributed by atoms with Crippen LogP contribution in [0.15, 0.2) is 42.5 Å². The number of anilines is 3. The minimum absolute atomic E-state index is 0.318. The number of fused-ring (bicyclic) bond motifs is 1. The van der Waals surface area contributed by atoms with Crippen molar-refractivity contribution in [1.29, 1.82) is 0 Å². The van der Waals surface area contributed by atoms with Gasteiger partial charge in [-0.05, 0) is 42.7 Å². The number of amides is 2. The second-order valence-electron chi connectivity index (χ2n) is 6.65. The first-order valence-corrected chi connectivity index (χ1v) is 10.7. The molecule has 0 bridgehead atoms. The van der Waals surface area contributed by atoms with E-state index in [0.29, 0.717) is 17.9 Å². The highest BCUT2D eigenvalue weighted by Crippen LogP contribution is 2.26. The number of carbonyl (C=O) groups excluding carboxylic acids is 1. The highest BCUT2D eigenvalue weighted by molar-refractivity contribution is 7.92. The van der Waals surface area contributed by atoms with Crippen LogP contribution in [0, 0.1) is 6.92 Å². The Kier molecular flexibility index (Phi) is 5.55. The maximum Gasteiger partial charge on any atom is 0.319 e. The summed E-state index contributed by atoms with van der Waals surface area (Å²) < 4.78 is 25.1. The van der Waals surface area contributed by atoms with Crippen molar-refractivity contribution in [1.82, 2.24) is 5.32 Å². The van der Waals surface area contributed by atoms with Crippen molar-refractivity contribution in [3.8, 4) is 0 Å². The number of urea groups is 1. The second kappa shape index (κ2) is 7.87. The maximum atomic E-state index is 12.2. The van der Waals surface area contributed by atoms with Crippen LogP contribution in [0.5, 0.6) is 0 Å². The molecule has 0 spiro atoms. The van der Waals surface area contributed by atoms with Crippen molar-refractivity contribution < 1.29 is 13.2 Å². The van der Waals surface area contributed by atoms with E-state index < -0.39 is 10.0 Å². The normalized spacial score (nSPS) is 13.2. The summed E-state index contributed by atoms with van der Waals surface area (Å²) in [5.74, 6) is 0. The Morgan fingerprint density at radius 2 is 1.96 bits per heavy atom. The highest BCUT2D eigenvalue weighted by atomic mass is 32.2. The van der Waals surface area contributed by atoms with Crippen LogP contribution in [0.1, 0.15) is 11.1 Å². The fraction of sp³-hybridized carbons (Fsp3) is 0.316. The minimum atomic E-state index is -3.37. The van der Waals surface area contributed by atoms with E-state index in [0.717, 1.165) is 31.3 Å². The van der Waals surface area contributed by atoms with Gasteiger partial charge in [0.05, 0.1) is 11.9 Å². The number of para-hydroxylation sites is 1. The molecule has 0 atom stereocenters. The second-order valence-corrected chi connectivity index (χ2v) is 8.40. The van der Waals surface area contributed by atoms with Gasteiger partial charge in [0.15, 0.2) is 0 Å². The molecule has 144 valence electrons. The van der Waals surface area contributed by atoms with Gasteiger partial charge in [-0.15, -0.1) is 0 Å². The summed E-state index contributed by atoms with van der Waals surface area (Å²) in [4.78, 5) is 14.5. The van der Waals surface area contributed by atoms with Gasteiger partial charge in [-0.2, -0.15) is 0 Å². The third-order valence-electron chi connectivity index (χ3n) is 4.44. The zero-order chi connectivity index (χ0) is 19.4. The minimum Gasteiger partial charge on any atom is -0.369 e. The Morgan fingerprint density at radius 3 is 2.74 bits per heavy atom. The zero-order valence-corrected chi connectivity index (χ0v) is 16.3. The molecule has 0 unspecified atom stereocenters. The van der Waals surface area contributed by atoms with Gasteiger partial charge < -0.3 is 15.5 Å². The van der Waals surface area contributed by atoms with E-state index in [9.17, 15) is 13.2 Å². The molecule has 3 rings (SSSR count). The monoisotopic (exact) mass is 388 g/mol. The molecule has 1 aliphatic heterocycles. The molecule has 1 aliphatic rings. The van der Waals surface area contributed by atoms with Crippen LogP contribution < -0.4 is 20.3 Å². The fourth-order valence-electron chi connectivity index (χ4n) is 3.14. The van der Waals surface area contributed by atoms with Crippen LogP contribution in [0.4, 0.5) is 21.9 Å². The van der Waals surface area contributed by atoms with Crippen molar-refractivity contribution in [3.05, 3.63) is 53.6 Å². The van der Waals surface area contributed by atoms with E-state index in [1.807, 2.05) is 19.1 Å². The predicted octanol–water partition coefficient (Wildman–Crippen LogP) is 2.55. The number of sulfonamides is 1. The molecule has 0 saturated heterocycles. The van der Waals surface area contributed by atoms with Gasteiger partial charge in [0, 0.05) is 31.0 Å². The average molecular weight is 388 g/mol. The number of hydrogen-bond donors (Lipinski definition) is 3. The van der Waals surface area contributed by atoms with Gasteiger partial charge in [-0.3, -0.25) is 4.72 Å². The number of rotatable bonds is 6. The molecule has 0 fully saturated rings. The summed E-state index contributed by atoms with van der Waals surface area (Å²) in [7, 11) is -3.37. The molecule has 3 N–H and O–H groups in total. The summed E-state index contributed by atoms with van der Waals surface area (Å²) in [6.45, 7) is 4.06. The Bertz CT molecular complexity index is 944. The van der Waals surface area contributed by atoms with Gasteiger partial charge in [-0.1, -0.05) is 24.3 Å². The van der Waals surface area contributed by atoms with Crippen molar-refractivity contribution >= 4 is 33.1 Å².